The van der Waals surface area contributed by atoms with Gasteiger partial charge < -0.3 is 15.7 Å². The van der Waals surface area contributed by atoms with Crippen LogP contribution in [0.15, 0.2) is 70.9 Å². The van der Waals surface area contributed by atoms with Gasteiger partial charge in [0.15, 0.2) is 0 Å². The summed E-state index contributed by atoms with van der Waals surface area (Å²) >= 11 is 1.46. The van der Waals surface area contributed by atoms with E-state index in [4.69, 9.17) is 0 Å². The SMILES string of the molecule is O=C(NCCCNC(=O)c1cccc(O)c1)c1ccc(S(=O)(=O)NCc2cccs2)cc1. The van der Waals surface area contributed by atoms with Gasteiger partial charge in [-0.15, -0.1) is 11.3 Å². The van der Waals surface area contributed by atoms with Crippen molar-refractivity contribution in [3.8, 4) is 5.75 Å². The summed E-state index contributed by atoms with van der Waals surface area (Å²) in [4.78, 5) is 25.2. The van der Waals surface area contributed by atoms with Crippen LogP contribution >= 0.6 is 11.3 Å². The van der Waals surface area contributed by atoms with Crippen molar-refractivity contribution in [2.75, 3.05) is 13.1 Å². The second-order valence-corrected chi connectivity index (χ2v) is 9.64. The van der Waals surface area contributed by atoms with Crippen LogP contribution in [-0.2, 0) is 16.6 Å². The summed E-state index contributed by atoms with van der Waals surface area (Å²) < 4.78 is 27.3. The second kappa shape index (κ2) is 10.9. The van der Waals surface area contributed by atoms with E-state index >= 15 is 0 Å². The standard InChI is InChI=1S/C22H23N3O5S2/c26-18-5-1-4-17(14-18)22(28)24-12-3-11-23-21(27)16-7-9-20(10-8-16)32(29,30)25-15-19-6-2-13-31-19/h1-2,4-10,13-14,25-26H,3,11-12,15H2,(H,23,27)(H,24,28). The van der Waals surface area contributed by atoms with Crippen LogP contribution in [0.25, 0.3) is 0 Å². The first-order valence-corrected chi connectivity index (χ1v) is 12.2. The average Bonchev–Trinajstić information content (AvgIpc) is 3.31. The van der Waals surface area contributed by atoms with Crippen LogP contribution in [0.3, 0.4) is 0 Å². The summed E-state index contributed by atoms with van der Waals surface area (Å²) in [6.07, 6.45) is 0.509. The molecule has 2 aromatic carbocycles. The van der Waals surface area contributed by atoms with Crippen LogP contribution in [0.1, 0.15) is 32.0 Å². The van der Waals surface area contributed by atoms with Crippen LogP contribution < -0.4 is 15.4 Å². The highest BCUT2D eigenvalue weighted by Crippen LogP contribution is 2.14. The van der Waals surface area contributed by atoms with Gasteiger partial charge in [-0.3, -0.25) is 9.59 Å². The Hall–Kier alpha value is -3.21. The number of amides is 2. The van der Waals surface area contributed by atoms with Crippen LogP contribution in [0.4, 0.5) is 0 Å². The Labute approximate surface area is 190 Å². The number of hydrogen-bond donors (Lipinski definition) is 4. The molecular weight excluding hydrogens is 450 g/mol. The van der Waals surface area contributed by atoms with Crippen molar-refractivity contribution in [1.29, 1.82) is 0 Å². The van der Waals surface area contributed by atoms with Gasteiger partial charge in [0.25, 0.3) is 11.8 Å². The molecular formula is C22H23N3O5S2. The minimum absolute atomic E-state index is 0.0158. The van der Waals surface area contributed by atoms with Gasteiger partial charge in [0, 0.05) is 35.6 Å². The van der Waals surface area contributed by atoms with Crippen LogP contribution in [0.5, 0.6) is 5.75 Å². The highest BCUT2D eigenvalue weighted by molar-refractivity contribution is 7.89. The first-order chi connectivity index (χ1) is 15.3. The van der Waals surface area contributed by atoms with Crippen molar-refractivity contribution in [2.24, 2.45) is 0 Å². The highest BCUT2D eigenvalue weighted by Gasteiger charge is 2.15. The third-order valence-corrected chi connectivity index (χ3v) is 6.77. The lowest BCUT2D eigenvalue weighted by atomic mass is 10.2. The predicted molar refractivity (Wildman–Crippen MR) is 122 cm³/mol. The molecule has 10 heteroatoms. The maximum absolute atomic E-state index is 12.4. The molecule has 3 rings (SSSR count). The summed E-state index contributed by atoms with van der Waals surface area (Å²) in [5.74, 6) is -0.626. The van der Waals surface area contributed by atoms with Crippen LogP contribution in [-0.4, -0.2) is 38.4 Å². The van der Waals surface area contributed by atoms with Crippen LogP contribution in [0.2, 0.25) is 0 Å². The van der Waals surface area contributed by atoms with Gasteiger partial charge in [0.05, 0.1) is 4.90 Å². The maximum Gasteiger partial charge on any atom is 0.251 e. The Balaban J connectivity index is 1.42. The Morgan fingerprint density at radius 1 is 0.875 bits per heavy atom. The Morgan fingerprint density at radius 2 is 1.56 bits per heavy atom. The smallest absolute Gasteiger partial charge is 0.251 e. The molecule has 3 aromatic rings. The first kappa shape index (κ1) is 23.5. The number of carbonyl (C=O) groups is 2. The Morgan fingerprint density at radius 3 is 2.19 bits per heavy atom. The van der Waals surface area contributed by atoms with Gasteiger partial charge in [-0.1, -0.05) is 12.1 Å². The van der Waals surface area contributed by atoms with Gasteiger partial charge in [-0.25, -0.2) is 13.1 Å². The minimum Gasteiger partial charge on any atom is -0.508 e. The summed E-state index contributed by atoms with van der Waals surface area (Å²) in [7, 11) is -3.67. The number of nitrogens with one attached hydrogen (secondary N) is 3. The number of phenolic OH excluding ortho intramolecular Hbond substituents is 1. The monoisotopic (exact) mass is 473 g/mol. The maximum atomic E-state index is 12.4. The molecule has 0 radical (unpaired) electrons. The fourth-order valence-corrected chi connectivity index (χ4v) is 4.53. The minimum atomic E-state index is -3.67. The summed E-state index contributed by atoms with van der Waals surface area (Å²) in [6, 6.07) is 15.4. The molecule has 0 unspecified atom stereocenters. The molecule has 0 saturated carbocycles. The fraction of sp³-hybridized carbons (Fsp3) is 0.182. The molecule has 0 saturated heterocycles. The van der Waals surface area contributed by atoms with Crippen molar-refractivity contribution in [3.05, 3.63) is 82.0 Å². The van der Waals surface area contributed by atoms with Crippen LogP contribution in [0, 0.1) is 0 Å². The molecule has 1 heterocycles. The normalized spacial score (nSPS) is 11.1. The van der Waals surface area contributed by atoms with Gasteiger partial charge in [-0.2, -0.15) is 0 Å². The molecule has 168 valence electrons. The molecule has 0 spiro atoms. The van der Waals surface area contributed by atoms with E-state index in [1.807, 2.05) is 17.5 Å². The molecule has 0 atom stereocenters. The first-order valence-electron chi connectivity index (χ1n) is 9.83. The zero-order chi connectivity index (χ0) is 23.0. The van der Waals surface area contributed by atoms with E-state index in [-0.39, 0.29) is 29.0 Å². The number of phenols is 1. The predicted octanol–water partition coefficient (Wildman–Crippen LogP) is 2.48. The van der Waals surface area contributed by atoms with E-state index in [1.165, 1.54) is 47.7 Å². The number of aromatic hydroxyl groups is 1. The van der Waals surface area contributed by atoms with E-state index in [0.717, 1.165) is 4.88 Å². The third-order valence-electron chi connectivity index (χ3n) is 4.48. The van der Waals surface area contributed by atoms with Crippen molar-refractivity contribution in [1.82, 2.24) is 15.4 Å². The topological polar surface area (TPSA) is 125 Å². The Kier molecular flexibility index (Phi) is 7.98. The zero-order valence-electron chi connectivity index (χ0n) is 17.1. The number of rotatable bonds is 10. The molecule has 0 bridgehead atoms. The van der Waals surface area contributed by atoms with Gasteiger partial charge in [0.1, 0.15) is 5.75 Å². The molecule has 4 N–H and O–H groups in total. The van der Waals surface area contributed by atoms with E-state index in [2.05, 4.69) is 15.4 Å². The van der Waals surface area contributed by atoms with Crippen molar-refractivity contribution in [2.45, 2.75) is 17.9 Å². The molecule has 8 nitrogen and oxygen atoms in total. The lowest BCUT2D eigenvalue weighted by Gasteiger charge is -2.09. The Bertz CT molecular complexity index is 1160. The van der Waals surface area contributed by atoms with Gasteiger partial charge >= 0.3 is 0 Å². The average molecular weight is 474 g/mol. The lowest BCUT2D eigenvalue weighted by molar-refractivity contribution is 0.0951. The van der Waals surface area contributed by atoms with Gasteiger partial charge in [0.2, 0.25) is 10.0 Å². The summed E-state index contributed by atoms with van der Waals surface area (Å²) in [5.41, 5.74) is 0.694. The van der Waals surface area contributed by atoms with E-state index < -0.39 is 10.0 Å². The largest absolute Gasteiger partial charge is 0.508 e. The quantitative estimate of drug-likeness (QED) is 0.337. The molecule has 32 heavy (non-hydrogen) atoms. The lowest BCUT2D eigenvalue weighted by Crippen LogP contribution is -2.30. The fourth-order valence-electron chi connectivity index (χ4n) is 2.79. The van der Waals surface area contributed by atoms with E-state index in [1.54, 1.807) is 12.1 Å². The number of benzene rings is 2. The highest BCUT2D eigenvalue weighted by atomic mass is 32.2. The molecule has 0 aliphatic carbocycles. The third kappa shape index (κ3) is 6.64. The summed E-state index contributed by atoms with van der Waals surface area (Å²) in [6.45, 7) is 0.896. The van der Waals surface area contributed by atoms with Crippen molar-refractivity contribution >= 4 is 33.2 Å². The molecule has 1 aromatic heterocycles. The number of carbonyl (C=O) groups excluding carboxylic acids is 2. The van der Waals surface area contributed by atoms with Gasteiger partial charge in [-0.05, 0) is 60.3 Å². The summed E-state index contributed by atoms with van der Waals surface area (Å²) in [5, 5.41) is 16.7. The molecule has 2 amide bonds. The number of thiophene rings is 1. The molecule has 0 aliphatic heterocycles. The van der Waals surface area contributed by atoms with Crippen molar-refractivity contribution in [3.63, 3.8) is 0 Å². The van der Waals surface area contributed by atoms with Crippen molar-refractivity contribution < 1.29 is 23.1 Å². The number of sulfonamides is 1. The molecule has 0 fully saturated rings. The molecule has 0 aliphatic rings. The second-order valence-electron chi connectivity index (χ2n) is 6.84. The van der Waals surface area contributed by atoms with E-state index in [9.17, 15) is 23.1 Å². The number of hydrogen-bond acceptors (Lipinski definition) is 6. The zero-order valence-corrected chi connectivity index (χ0v) is 18.7. The van der Waals surface area contributed by atoms with E-state index in [0.29, 0.717) is 30.6 Å².